The maximum absolute atomic E-state index is 12.6. The minimum Gasteiger partial charge on any atom is -0.372 e. The van der Waals surface area contributed by atoms with Gasteiger partial charge in [-0.05, 0) is 38.1 Å². The SMILES string of the molecule is Cc1nn(C)c(C)c1NC(=O)C[NH+](Cc1cccs1)C[C@@H]1CCCO1. The highest BCUT2D eigenvalue weighted by atomic mass is 32.1. The summed E-state index contributed by atoms with van der Waals surface area (Å²) in [7, 11) is 1.89. The predicted molar refractivity (Wildman–Crippen MR) is 99.0 cm³/mol. The van der Waals surface area contributed by atoms with Crippen LogP contribution in [-0.4, -0.2) is 41.5 Å². The molecule has 25 heavy (non-hydrogen) atoms. The number of aromatic nitrogens is 2. The second-order valence-electron chi connectivity index (χ2n) is 6.74. The molecule has 7 heteroatoms. The van der Waals surface area contributed by atoms with E-state index < -0.39 is 0 Å². The lowest BCUT2D eigenvalue weighted by molar-refractivity contribution is -0.908. The van der Waals surface area contributed by atoms with Crippen molar-refractivity contribution in [2.75, 3.05) is 25.0 Å². The lowest BCUT2D eigenvalue weighted by Gasteiger charge is -2.21. The minimum atomic E-state index is 0.0313. The third-order valence-electron chi connectivity index (χ3n) is 4.73. The second kappa shape index (κ2) is 8.12. The fourth-order valence-corrected chi connectivity index (χ4v) is 4.14. The molecule has 2 N–H and O–H groups in total. The summed E-state index contributed by atoms with van der Waals surface area (Å²) >= 11 is 1.74. The van der Waals surface area contributed by atoms with Gasteiger partial charge < -0.3 is 15.0 Å². The van der Waals surface area contributed by atoms with Gasteiger partial charge in [-0.2, -0.15) is 5.10 Å². The first-order valence-corrected chi connectivity index (χ1v) is 9.68. The second-order valence-corrected chi connectivity index (χ2v) is 7.77. The molecule has 1 unspecified atom stereocenters. The van der Waals surface area contributed by atoms with E-state index in [4.69, 9.17) is 4.74 Å². The average Bonchev–Trinajstić information content (AvgIpc) is 3.29. The van der Waals surface area contributed by atoms with Crippen LogP contribution in [0.1, 0.15) is 29.1 Å². The highest BCUT2D eigenvalue weighted by molar-refractivity contribution is 7.09. The molecular weight excluding hydrogens is 336 g/mol. The van der Waals surface area contributed by atoms with Crippen LogP contribution in [0.15, 0.2) is 17.5 Å². The van der Waals surface area contributed by atoms with Gasteiger partial charge in [-0.1, -0.05) is 6.07 Å². The fraction of sp³-hybridized carbons (Fsp3) is 0.556. The fourth-order valence-electron chi connectivity index (χ4n) is 3.36. The Morgan fingerprint density at radius 1 is 1.52 bits per heavy atom. The van der Waals surface area contributed by atoms with E-state index in [0.717, 1.165) is 49.6 Å². The predicted octanol–water partition coefficient (Wildman–Crippen LogP) is 1.30. The molecule has 136 valence electrons. The third-order valence-corrected chi connectivity index (χ3v) is 5.61. The number of thiophene rings is 1. The van der Waals surface area contributed by atoms with Crippen LogP contribution >= 0.6 is 11.3 Å². The molecule has 1 aliphatic heterocycles. The molecule has 0 saturated carbocycles. The van der Waals surface area contributed by atoms with Crippen LogP contribution in [0.5, 0.6) is 0 Å². The summed E-state index contributed by atoms with van der Waals surface area (Å²) in [5.41, 5.74) is 2.66. The Kier molecular flexibility index (Phi) is 5.88. The molecule has 0 spiro atoms. The number of nitrogens with zero attached hydrogens (tertiary/aromatic N) is 2. The lowest BCUT2D eigenvalue weighted by atomic mass is 10.2. The molecule has 0 radical (unpaired) electrons. The molecule has 3 heterocycles. The van der Waals surface area contributed by atoms with E-state index in [0.29, 0.717) is 6.54 Å². The number of quaternary nitrogens is 1. The summed E-state index contributed by atoms with van der Waals surface area (Å²) in [5, 5.41) is 9.50. The van der Waals surface area contributed by atoms with Gasteiger partial charge in [0.1, 0.15) is 19.2 Å². The number of carbonyl (C=O) groups excluding carboxylic acids is 1. The van der Waals surface area contributed by atoms with Crippen molar-refractivity contribution in [3.63, 3.8) is 0 Å². The Morgan fingerprint density at radius 2 is 2.36 bits per heavy atom. The number of hydrogen-bond donors (Lipinski definition) is 2. The Labute approximate surface area is 152 Å². The van der Waals surface area contributed by atoms with E-state index in [9.17, 15) is 4.79 Å². The van der Waals surface area contributed by atoms with Crippen LogP contribution in [0, 0.1) is 13.8 Å². The summed E-state index contributed by atoms with van der Waals surface area (Å²) in [5.74, 6) is 0.0313. The number of anilines is 1. The van der Waals surface area contributed by atoms with Gasteiger partial charge in [-0.3, -0.25) is 9.48 Å². The zero-order valence-electron chi connectivity index (χ0n) is 15.2. The molecule has 1 aliphatic rings. The molecule has 3 rings (SSSR count). The molecule has 2 aromatic heterocycles. The largest absolute Gasteiger partial charge is 0.372 e. The van der Waals surface area contributed by atoms with Gasteiger partial charge in [-0.25, -0.2) is 0 Å². The number of ether oxygens (including phenoxy) is 1. The van der Waals surface area contributed by atoms with Crippen molar-refractivity contribution in [2.45, 2.75) is 39.3 Å². The summed E-state index contributed by atoms with van der Waals surface area (Å²) in [4.78, 5) is 15.2. The van der Waals surface area contributed by atoms with Gasteiger partial charge in [0.2, 0.25) is 0 Å². The number of carbonyl (C=O) groups is 1. The van der Waals surface area contributed by atoms with Crippen LogP contribution in [-0.2, 0) is 23.1 Å². The van der Waals surface area contributed by atoms with Gasteiger partial charge >= 0.3 is 0 Å². The van der Waals surface area contributed by atoms with Gasteiger partial charge in [0.15, 0.2) is 6.54 Å². The van der Waals surface area contributed by atoms with Crippen LogP contribution in [0.3, 0.4) is 0 Å². The van der Waals surface area contributed by atoms with E-state index in [1.807, 2.05) is 20.9 Å². The molecule has 0 aliphatic carbocycles. The van der Waals surface area contributed by atoms with Gasteiger partial charge in [-0.15, -0.1) is 11.3 Å². The van der Waals surface area contributed by atoms with Gasteiger partial charge in [0.05, 0.1) is 22.0 Å². The van der Waals surface area contributed by atoms with E-state index >= 15 is 0 Å². The van der Waals surface area contributed by atoms with Crippen LogP contribution in [0.25, 0.3) is 0 Å². The molecule has 2 atom stereocenters. The van der Waals surface area contributed by atoms with Crippen LogP contribution in [0.2, 0.25) is 0 Å². The van der Waals surface area contributed by atoms with Crippen molar-refractivity contribution >= 4 is 22.9 Å². The Bertz CT molecular complexity index is 705. The quantitative estimate of drug-likeness (QED) is 0.780. The van der Waals surface area contributed by atoms with Gasteiger partial charge in [0.25, 0.3) is 5.91 Å². The molecule has 2 aromatic rings. The first kappa shape index (κ1) is 18.1. The maximum Gasteiger partial charge on any atom is 0.279 e. The molecule has 6 nitrogen and oxygen atoms in total. The van der Waals surface area contributed by atoms with Crippen molar-refractivity contribution in [2.24, 2.45) is 7.05 Å². The lowest BCUT2D eigenvalue weighted by Crippen LogP contribution is -3.12. The third kappa shape index (κ3) is 4.68. The average molecular weight is 364 g/mol. The normalized spacial score (nSPS) is 18.4. The first-order chi connectivity index (χ1) is 12.0. The van der Waals surface area contributed by atoms with E-state index in [1.54, 1.807) is 16.0 Å². The number of nitrogens with one attached hydrogen (secondary N) is 2. The first-order valence-electron chi connectivity index (χ1n) is 8.80. The zero-order chi connectivity index (χ0) is 17.8. The maximum atomic E-state index is 12.6. The summed E-state index contributed by atoms with van der Waals surface area (Å²) < 4.78 is 7.58. The highest BCUT2D eigenvalue weighted by Crippen LogP contribution is 2.17. The van der Waals surface area contributed by atoms with Crippen molar-refractivity contribution in [3.8, 4) is 0 Å². The van der Waals surface area contributed by atoms with E-state index in [-0.39, 0.29) is 12.0 Å². The number of aryl methyl sites for hydroxylation is 2. The molecule has 0 aromatic carbocycles. The Hall–Kier alpha value is -1.70. The summed E-state index contributed by atoms with van der Waals surface area (Å²) in [6, 6.07) is 4.19. The molecular formula is C18H27N4O2S+. The highest BCUT2D eigenvalue weighted by Gasteiger charge is 2.25. The molecule has 1 amide bonds. The standard InChI is InChI=1S/C18H26N4O2S/c1-13-18(14(2)21(3)20-13)19-17(23)12-22(10-15-6-4-8-24-15)11-16-7-5-9-25-16/h5,7,9,15H,4,6,8,10-12H2,1-3H3,(H,19,23)/p+1/t15-/m0/s1. The molecule has 1 fully saturated rings. The molecule has 0 bridgehead atoms. The molecule has 1 saturated heterocycles. The van der Waals surface area contributed by atoms with Crippen molar-refractivity contribution in [3.05, 3.63) is 33.8 Å². The number of amides is 1. The van der Waals surface area contributed by atoms with Crippen molar-refractivity contribution in [1.82, 2.24) is 9.78 Å². The van der Waals surface area contributed by atoms with Crippen molar-refractivity contribution in [1.29, 1.82) is 0 Å². The minimum absolute atomic E-state index is 0.0313. The number of hydrogen-bond acceptors (Lipinski definition) is 4. The van der Waals surface area contributed by atoms with E-state index in [1.165, 1.54) is 9.78 Å². The Morgan fingerprint density at radius 3 is 2.96 bits per heavy atom. The van der Waals surface area contributed by atoms with Crippen LogP contribution in [0.4, 0.5) is 5.69 Å². The topological polar surface area (TPSA) is 60.6 Å². The summed E-state index contributed by atoms with van der Waals surface area (Å²) in [6.07, 6.45) is 2.48. The summed E-state index contributed by atoms with van der Waals surface area (Å²) in [6.45, 7) is 6.90. The zero-order valence-corrected chi connectivity index (χ0v) is 16.0. The van der Waals surface area contributed by atoms with E-state index in [2.05, 4.69) is 27.9 Å². The Balaban J connectivity index is 1.64. The van der Waals surface area contributed by atoms with Crippen molar-refractivity contribution < 1.29 is 14.4 Å². The monoisotopic (exact) mass is 363 g/mol. The van der Waals surface area contributed by atoms with Crippen LogP contribution < -0.4 is 10.2 Å². The smallest absolute Gasteiger partial charge is 0.279 e. The number of rotatable bonds is 7. The van der Waals surface area contributed by atoms with Gasteiger partial charge in [0, 0.05) is 13.7 Å².